The van der Waals surface area contributed by atoms with Crippen LogP contribution >= 0.6 is 0 Å². The molecule has 3 aromatic carbocycles. The van der Waals surface area contributed by atoms with Crippen molar-refractivity contribution in [3.8, 4) is 11.5 Å². The Kier molecular flexibility index (Phi) is 13.3. The van der Waals surface area contributed by atoms with Crippen molar-refractivity contribution in [2.24, 2.45) is 0 Å². The lowest BCUT2D eigenvalue weighted by molar-refractivity contribution is -0.131. The predicted octanol–water partition coefficient (Wildman–Crippen LogP) is 6.76. The van der Waals surface area contributed by atoms with Gasteiger partial charge in [-0.3, -0.25) is 4.79 Å². The molecule has 40 heavy (non-hydrogen) atoms. The molecule has 0 spiro atoms. The molecular formula is C33H44N2O5. The minimum Gasteiger partial charge on any atom is -0.493 e. The summed E-state index contributed by atoms with van der Waals surface area (Å²) in [6.45, 7) is 7.83. The Morgan fingerprint density at radius 1 is 0.800 bits per heavy atom. The van der Waals surface area contributed by atoms with Gasteiger partial charge in [-0.1, -0.05) is 63.8 Å². The number of amides is 1. The fourth-order valence-corrected chi connectivity index (χ4v) is 4.67. The largest absolute Gasteiger partial charge is 0.493 e. The van der Waals surface area contributed by atoms with Gasteiger partial charge in [0.1, 0.15) is 11.5 Å². The van der Waals surface area contributed by atoms with Gasteiger partial charge in [0.05, 0.1) is 13.2 Å². The van der Waals surface area contributed by atoms with Crippen LogP contribution in [0.5, 0.6) is 11.5 Å². The number of rotatable bonds is 19. The molecule has 7 heteroatoms. The Morgan fingerprint density at radius 2 is 1.43 bits per heavy atom. The number of benzene rings is 3. The van der Waals surface area contributed by atoms with Crippen molar-refractivity contribution >= 4 is 33.4 Å². The lowest BCUT2D eigenvalue weighted by Crippen LogP contribution is -2.22. The summed E-state index contributed by atoms with van der Waals surface area (Å²) in [5, 5.41) is 19.4. The summed E-state index contributed by atoms with van der Waals surface area (Å²) in [6, 6.07) is 15.0. The zero-order chi connectivity index (χ0) is 28.6. The van der Waals surface area contributed by atoms with E-state index in [1.54, 1.807) is 0 Å². The van der Waals surface area contributed by atoms with E-state index in [2.05, 4.69) is 66.9 Å². The molecule has 0 fully saturated rings. The van der Waals surface area contributed by atoms with Gasteiger partial charge in [0, 0.05) is 41.6 Å². The number of carboxylic acids is 1. The molecule has 0 aromatic heterocycles. The topological polar surface area (TPSA) is 96.9 Å². The van der Waals surface area contributed by atoms with Crippen molar-refractivity contribution in [1.82, 2.24) is 10.6 Å². The summed E-state index contributed by atoms with van der Waals surface area (Å²) in [5.41, 5.74) is 1.13. The van der Waals surface area contributed by atoms with E-state index in [0.29, 0.717) is 19.8 Å². The maximum absolute atomic E-state index is 11.5. The average Bonchev–Trinajstić information content (AvgIpc) is 2.96. The third-order valence-corrected chi connectivity index (χ3v) is 6.68. The van der Waals surface area contributed by atoms with Crippen molar-refractivity contribution in [2.45, 2.75) is 71.8 Å². The molecule has 7 nitrogen and oxygen atoms in total. The second-order valence-corrected chi connectivity index (χ2v) is 10.1. The molecule has 0 aliphatic rings. The number of carbonyl (C=O) groups excluding carboxylic acids is 1. The Labute approximate surface area is 237 Å². The molecule has 0 unspecified atom stereocenters. The van der Waals surface area contributed by atoms with Gasteiger partial charge in [-0.25, -0.2) is 4.79 Å². The molecule has 0 bridgehead atoms. The highest BCUT2D eigenvalue weighted by Gasteiger charge is 2.16. The molecule has 3 rings (SSSR count). The lowest BCUT2D eigenvalue weighted by atomic mass is 9.99. The summed E-state index contributed by atoms with van der Waals surface area (Å²) < 4.78 is 12.6. The number of ether oxygens (including phenoxy) is 2. The van der Waals surface area contributed by atoms with Crippen LogP contribution in [0.25, 0.3) is 21.5 Å². The van der Waals surface area contributed by atoms with Crippen molar-refractivity contribution in [1.29, 1.82) is 0 Å². The zero-order valence-electron chi connectivity index (χ0n) is 24.0. The fraction of sp³-hybridized carbons (Fsp3) is 0.455. The van der Waals surface area contributed by atoms with Gasteiger partial charge in [-0.15, -0.1) is 0 Å². The minimum atomic E-state index is -1.12. The van der Waals surface area contributed by atoms with Crippen LogP contribution in [0.1, 0.15) is 70.8 Å². The first kappa shape index (κ1) is 31.0. The summed E-state index contributed by atoms with van der Waals surface area (Å²) in [4.78, 5) is 21.9. The average molecular weight is 549 g/mol. The van der Waals surface area contributed by atoms with Crippen LogP contribution in [-0.2, 0) is 16.1 Å². The second-order valence-electron chi connectivity index (χ2n) is 10.1. The first-order chi connectivity index (χ1) is 19.5. The number of carboxylic acid groups (broad SMARTS) is 1. The summed E-state index contributed by atoms with van der Waals surface area (Å²) in [6.07, 6.45) is 10.2. The highest BCUT2D eigenvalue weighted by Crippen LogP contribution is 2.39. The number of fused-ring (bicyclic) bond motifs is 2. The van der Waals surface area contributed by atoms with Crippen LogP contribution in [0.3, 0.4) is 0 Å². The predicted molar refractivity (Wildman–Crippen MR) is 162 cm³/mol. The molecule has 3 N–H and O–H groups in total. The number of nitrogens with one attached hydrogen (secondary N) is 2. The molecule has 0 atom stereocenters. The molecule has 0 heterocycles. The van der Waals surface area contributed by atoms with Gasteiger partial charge in [-0.2, -0.15) is 0 Å². The van der Waals surface area contributed by atoms with E-state index in [1.807, 2.05) is 0 Å². The van der Waals surface area contributed by atoms with Gasteiger partial charge in [-0.05, 0) is 61.2 Å². The highest BCUT2D eigenvalue weighted by molar-refractivity contribution is 6.04. The molecule has 0 radical (unpaired) electrons. The van der Waals surface area contributed by atoms with Crippen LogP contribution in [-0.4, -0.2) is 43.3 Å². The smallest absolute Gasteiger partial charge is 0.328 e. The summed E-state index contributed by atoms with van der Waals surface area (Å²) in [7, 11) is 0. The van der Waals surface area contributed by atoms with E-state index >= 15 is 0 Å². The standard InChI is InChI=1S/C33H44N2O5/c1-3-19-39-30-23-27(24-34-17-11-7-5-6-8-12-18-35-31(36)15-16-32(37)38)33(40-20-4-2)29-22-26-14-10-9-13-25(26)21-28(29)30/h9-10,13-16,21-23,34H,3-8,11-12,17-20,24H2,1-2H3,(H,35,36)(H,37,38)/b16-15-. The van der Waals surface area contributed by atoms with E-state index in [4.69, 9.17) is 14.6 Å². The molecule has 216 valence electrons. The van der Waals surface area contributed by atoms with E-state index in [9.17, 15) is 9.59 Å². The van der Waals surface area contributed by atoms with Crippen LogP contribution in [0, 0.1) is 0 Å². The third-order valence-electron chi connectivity index (χ3n) is 6.68. The molecule has 3 aromatic rings. The zero-order valence-corrected chi connectivity index (χ0v) is 24.0. The Balaban J connectivity index is 1.51. The van der Waals surface area contributed by atoms with Gasteiger partial charge in [0.15, 0.2) is 0 Å². The summed E-state index contributed by atoms with van der Waals surface area (Å²) >= 11 is 0. The SMILES string of the molecule is CCCOc1cc(CNCCCCCCCCNC(=O)/C=C\C(=O)O)c(OCCC)c2cc3ccccc3cc12. The van der Waals surface area contributed by atoms with E-state index in [-0.39, 0.29) is 5.91 Å². The van der Waals surface area contributed by atoms with Gasteiger partial charge >= 0.3 is 5.97 Å². The first-order valence-electron chi connectivity index (χ1n) is 14.7. The molecule has 0 saturated heterocycles. The Morgan fingerprint density at radius 3 is 2.10 bits per heavy atom. The number of unbranched alkanes of at least 4 members (excludes halogenated alkanes) is 5. The normalized spacial score (nSPS) is 11.3. The Bertz CT molecular complexity index is 1270. The molecule has 0 aliphatic heterocycles. The van der Waals surface area contributed by atoms with E-state index < -0.39 is 5.97 Å². The molecule has 0 aliphatic carbocycles. The lowest BCUT2D eigenvalue weighted by Gasteiger charge is -2.19. The van der Waals surface area contributed by atoms with Gasteiger partial charge in [0.2, 0.25) is 5.91 Å². The fourth-order valence-electron chi connectivity index (χ4n) is 4.67. The number of aliphatic carboxylic acids is 1. The van der Waals surface area contributed by atoms with Crippen LogP contribution in [0.2, 0.25) is 0 Å². The van der Waals surface area contributed by atoms with E-state index in [1.165, 1.54) is 10.8 Å². The maximum atomic E-state index is 11.5. The first-order valence-corrected chi connectivity index (χ1v) is 14.7. The highest BCUT2D eigenvalue weighted by atomic mass is 16.5. The monoisotopic (exact) mass is 548 g/mol. The number of carbonyl (C=O) groups is 2. The second kappa shape index (κ2) is 17.2. The van der Waals surface area contributed by atoms with Gasteiger partial charge in [0.25, 0.3) is 0 Å². The minimum absolute atomic E-state index is 0.361. The van der Waals surface area contributed by atoms with Crippen LogP contribution in [0.4, 0.5) is 0 Å². The number of hydrogen-bond acceptors (Lipinski definition) is 5. The van der Waals surface area contributed by atoms with Crippen molar-refractivity contribution < 1.29 is 24.2 Å². The molecular weight excluding hydrogens is 504 g/mol. The maximum Gasteiger partial charge on any atom is 0.328 e. The van der Waals surface area contributed by atoms with Gasteiger partial charge < -0.3 is 25.2 Å². The number of hydrogen-bond donors (Lipinski definition) is 3. The quantitative estimate of drug-likeness (QED) is 0.0870. The van der Waals surface area contributed by atoms with Crippen LogP contribution < -0.4 is 20.1 Å². The van der Waals surface area contributed by atoms with Crippen LogP contribution in [0.15, 0.2) is 54.6 Å². The molecule has 0 saturated carbocycles. The van der Waals surface area contributed by atoms with Crippen molar-refractivity contribution in [3.63, 3.8) is 0 Å². The van der Waals surface area contributed by atoms with Crippen molar-refractivity contribution in [3.05, 3.63) is 60.2 Å². The Hall–Kier alpha value is -3.58. The summed E-state index contributed by atoms with van der Waals surface area (Å²) in [5.74, 6) is 0.383. The third kappa shape index (κ3) is 9.87. The van der Waals surface area contributed by atoms with E-state index in [0.717, 1.165) is 104 Å². The molecule has 1 amide bonds. The van der Waals surface area contributed by atoms with Crippen molar-refractivity contribution in [2.75, 3.05) is 26.3 Å².